The minimum absolute atomic E-state index is 0.0449. The lowest BCUT2D eigenvalue weighted by molar-refractivity contribution is 0.213. The highest BCUT2D eigenvalue weighted by Crippen LogP contribution is 2.23. The van der Waals surface area contributed by atoms with Crippen LogP contribution in [0.5, 0.6) is 0 Å². The minimum atomic E-state index is -3.40. The third-order valence-electron chi connectivity index (χ3n) is 3.26. The van der Waals surface area contributed by atoms with Crippen molar-refractivity contribution in [1.82, 2.24) is 9.62 Å². The number of oxime groups is 1. The van der Waals surface area contributed by atoms with E-state index in [9.17, 15) is 8.42 Å². The summed E-state index contributed by atoms with van der Waals surface area (Å²) < 4.78 is 26.4. The van der Waals surface area contributed by atoms with Gasteiger partial charge >= 0.3 is 0 Å². The summed E-state index contributed by atoms with van der Waals surface area (Å²) in [5.41, 5.74) is 4.74. The van der Waals surface area contributed by atoms with E-state index in [1.54, 1.807) is 6.92 Å². The van der Waals surface area contributed by atoms with Gasteiger partial charge in [-0.05, 0) is 26.3 Å². The zero-order valence-corrected chi connectivity index (χ0v) is 11.7. The van der Waals surface area contributed by atoms with Crippen LogP contribution in [0.2, 0.25) is 0 Å². The molecule has 1 aliphatic heterocycles. The van der Waals surface area contributed by atoms with E-state index in [1.807, 2.05) is 7.05 Å². The zero-order valence-electron chi connectivity index (χ0n) is 10.9. The van der Waals surface area contributed by atoms with Crippen molar-refractivity contribution in [1.29, 1.82) is 0 Å². The third-order valence-corrected chi connectivity index (χ3v) is 4.91. The lowest BCUT2D eigenvalue weighted by Crippen LogP contribution is -2.62. The van der Waals surface area contributed by atoms with Gasteiger partial charge in [0.2, 0.25) is 10.0 Å². The fourth-order valence-electron chi connectivity index (χ4n) is 2.12. The number of hydrogen-bond acceptors (Lipinski definition) is 5. The van der Waals surface area contributed by atoms with Crippen LogP contribution in [0.4, 0.5) is 0 Å². The summed E-state index contributed by atoms with van der Waals surface area (Å²) in [6, 6.07) is 0. The van der Waals surface area contributed by atoms with Gasteiger partial charge in [0.15, 0.2) is 5.84 Å². The molecule has 8 heteroatoms. The van der Waals surface area contributed by atoms with E-state index < -0.39 is 15.6 Å². The monoisotopic (exact) mass is 278 g/mol. The highest BCUT2D eigenvalue weighted by Gasteiger charge is 2.41. The van der Waals surface area contributed by atoms with E-state index in [0.29, 0.717) is 32.4 Å². The Kier molecular flexibility index (Phi) is 4.94. The third kappa shape index (κ3) is 3.56. The fraction of sp³-hybridized carbons (Fsp3) is 0.900. The molecule has 0 aromatic carbocycles. The van der Waals surface area contributed by atoms with E-state index in [-0.39, 0.29) is 11.6 Å². The van der Waals surface area contributed by atoms with Crippen LogP contribution >= 0.6 is 0 Å². The van der Waals surface area contributed by atoms with Crippen molar-refractivity contribution in [2.24, 2.45) is 10.9 Å². The largest absolute Gasteiger partial charge is 0.409 e. The maximum atomic E-state index is 11.9. The second-order valence-corrected chi connectivity index (χ2v) is 6.63. The van der Waals surface area contributed by atoms with Gasteiger partial charge in [0.1, 0.15) is 0 Å². The van der Waals surface area contributed by atoms with Crippen LogP contribution in [0.25, 0.3) is 0 Å². The molecule has 1 fully saturated rings. The summed E-state index contributed by atoms with van der Waals surface area (Å²) in [5, 5.41) is 11.9. The lowest BCUT2D eigenvalue weighted by atomic mass is 9.88. The van der Waals surface area contributed by atoms with Crippen LogP contribution in [0.3, 0.4) is 0 Å². The Bertz CT molecular complexity index is 399. The number of nitrogens with two attached hydrogens (primary N) is 1. The van der Waals surface area contributed by atoms with Gasteiger partial charge in [-0.15, -0.1) is 0 Å². The van der Waals surface area contributed by atoms with Crippen LogP contribution < -0.4 is 10.5 Å². The number of amidine groups is 1. The maximum Gasteiger partial charge on any atom is 0.212 e. The van der Waals surface area contributed by atoms with Gasteiger partial charge in [0.25, 0.3) is 0 Å². The molecule has 0 unspecified atom stereocenters. The molecule has 1 aliphatic rings. The molecule has 0 aromatic heterocycles. The topological polar surface area (TPSA) is 108 Å². The molecule has 0 bridgehead atoms. The van der Waals surface area contributed by atoms with E-state index in [2.05, 4.69) is 14.8 Å². The van der Waals surface area contributed by atoms with Gasteiger partial charge in [0, 0.05) is 13.1 Å². The van der Waals surface area contributed by atoms with Gasteiger partial charge in [-0.2, -0.15) is 0 Å². The fourth-order valence-corrected chi connectivity index (χ4v) is 3.67. The first kappa shape index (κ1) is 15.2. The second-order valence-electron chi connectivity index (χ2n) is 4.79. The molecule has 1 saturated heterocycles. The number of rotatable bonds is 5. The Balaban J connectivity index is 2.93. The smallest absolute Gasteiger partial charge is 0.212 e. The highest BCUT2D eigenvalue weighted by atomic mass is 32.2. The van der Waals surface area contributed by atoms with Crippen molar-refractivity contribution in [2.75, 3.05) is 25.9 Å². The van der Waals surface area contributed by atoms with Crippen molar-refractivity contribution < 1.29 is 13.6 Å². The first-order valence-electron chi connectivity index (χ1n) is 6.03. The summed E-state index contributed by atoms with van der Waals surface area (Å²) in [6.07, 6.45) is 1.53. The maximum absolute atomic E-state index is 11.9. The molecule has 106 valence electrons. The minimum Gasteiger partial charge on any atom is -0.409 e. The average molecular weight is 278 g/mol. The molecule has 0 spiro atoms. The number of nitrogens with one attached hydrogen (secondary N) is 1. The second kappa shape index (κ2) is 5.85. The summed E-state index contributed by atoms with van der Waals surface area (Å²) in [7, 11) is -1.45. The van der Waals surface area contributed by atoms with Gasteiger partial charge < -0.3 is 15.8 Å². The molecule has 0 aliphatic carbocycles. The SMILES string of the molecule is CCCS(=O)(=O)NC1(/C(N)=N/O)CCN(C)CC1. The van der Waals surface area contributed by atoms with Crippen LogP contribution in [-0.4, -0.2) is 55.8 Å². The Morgan fingerprint density at radius 3 is 2.50 bits per heavy atom. The Morgan fingerprint density at radius 2 is 2.06 bits per heavy atom. The van der Waals surface area contributed by atoms with Crippen LogP contribution in [-0.2, 0) is 10.0 Å². The molecular weight excluding hydrogens is 256 g/mol. The molecule has 1 heterocycles. The standard InChI is InChI=1S/C10H22N4O3S/c1-3-8-18(16,17)13-10(9(11)12-15)4-6-14(2)7-5-10/h13,15H,3-8H2,1-2H3,(H2,11,12). The van der Waals surface area contributed by atoms with E-state index >= 15 is 0 Å². The molecule has 18 heavy (non-hydrogen) atoms. The first-order chi connectivity index (χ1) is 8.35. The quantitative estimate of drug-likeness (QED) is 0.273. The predicted molar refractivity (Wildman–Crippen MR) is 70.1 cm³/mol. The summed E-state index contributed by atoms with van der Waals surface area (Å²) >= 11 is 0. The van der Waals surface area contributed by atoms with Crippen molar-refractivity contribution in [3.63, 3.8) is 0 Å². The Labute approximate surface area is 108 Å². The number of nitrogens with zero attached hydrogens (tertiary/aromatic N) is 2. The van der Waals surface area contributed by atoms with Crippen molar-refractivity contribution in [2.45, 2.75) is 31.7 Å². The van der Waals surface area contributed by atoms with E-state index in [0.717, 1.165) is 0 Å². The number of sulfonamides is 1. The molecule has 0 saturated carbocycles. The average Bonchev–Trinajstić information content (AvgIpc) is 2.31. The van der Waals surface area contributed by atoms with E-state index in [1.165, 1.54) is 0 Å². The molecule has 4 N–H and O–H groups in total. The highest BCUT2D eigenvalue weighted by molar-refractivity contribution is 7.89. The van der Waals surface area contributed by atoms with Crippen LogP contribution in [0.15, 0.2) is 5.16 Å². The van der Waals surface area contributed by atoms with Crippen molar-refractivity contribution in [3.05, 3.63) is 0 Å². The first-order valence-corrected chi connectivity index (χ1v) is 7.68. The normalized spacial score (nSPS) is 22.0. The molecule has 7 nitrogen and oxygen atoms in total. The molecule has 0 radical (unpaired) electrons. The zero-order chi connectivity index (χ0) is 13.8. The molecule has 0 aromatic rings. The van der Waals surface area contributed by atoms with Gasteiger partial charge in [0.05, 0.1) is 11.3 Å². The van der Waals surface area contributed by atoms with Crippen LogP contribution in [0, 0.1) is 0 Å². The van der Waals surface area contributed by atoms with Gasteiger partial charge in [-0.3, -0.25) is 0 Å². The molecular formula is C10H22N4O3S. The molecule has 0 atom stereocenters. The van der Waals surface area contributed by atoms with Crippen molar-refractivity contribution >= 4 is 15.9 Å². The van der Waals surface area contributed by atoms with Gasteiger partial charge in [-0.25, -0.2) is 13.1 Å². The summed E-state index contributed by atoms with van der Waals surface area (Å²) in [5.74, 6) is -0.0150. The number of piperidine rings is 1. The molecule has 0 amide bonds. The van der Waals surface area contributed by atoms with Gasteiger partial charge in [-0.1, -0.05) is 12.1 Å². The van der Waals surface area contributed by atoms with Crippen molar-refractivity contribution in [3.8, 4) is 0 Å². The predicted octanol–water partition coefficient (Wildman–Crippen LogP) is -0.473. The lowest BCUT2D eigenvalue weighted by Gasteiger charge is -2.39. The Hall–Kier alpha value is -0.860. The van der Waals surface area contributed by atoms with E-state index in [4.69, 9.17) is 10.9 Å². The Morgan fingerprint density at radius 1 is 1.50 bits per heavy atom. The molecule has 1 rings (SSSR count). The summed E-state index contributed by atoms with van der Waals surface area (Å²) in [6.45, 7) is 3.19. The number of likely N-dealkylation sites (tertiary alicyclic amines) is 1. The number of hydrogen-bond donors (Lipinski definition) is 3. The van der Waals surface area contributed by atoms with Crippen LogP contribution in [0.1, 0.15) is 26.2 Å². The summed E-state index contributed by atoms with van der Waals surface area (Å²) in [4.78, 5) is 2.08.